The normalized spacial score (nSPS) is 11.9. The van der Waals surface area contributed by atoms with Crippen molar-refractivity contribution >= 4 is 7.12 Å². The molecule has 0 aliphatic carbocycles. The van der Waals surface area contributed by atoms with Crippen LogP contribution >= 0.6 is 0 Å². The lowest BCUT2D eigenvalue weighted by Crippen LogP contribution is -2.64. The molecule has 0 atom stereocenters. The first-order valence-electron chi connectivity index (χ1n) is 12.9. The zero-order chi connectivity index (χ0) is 21.0. The summed E-state index contributed by atoms with van der Waals surface area (Å²) in [4.78, 5) is 8.55. The lowest BCUT2D eigenvalue weighted by molar-refractivity contribution is 0.251. The van der Waals surface area contributed by atoms with E-state index in [1.54, 1.807) is 0 Å². The van der Waals surface area contributed by atoms with E-state index in [1.807, 2.05) is 0 Å². The fourth-order valence-corrected chi connectivity index (χ4v) is 3.89. The van der Waals surface area contributed by atoms with Crippen LogP contribution in [0.2, 0.25) is 0 Å². The Morgan fingerprint density at radius 2 is 0.536 bits per heavy atom. The zero-order valence-corrected chi connectivity index (χ0v) is 20.6. The number of unbranched alkanes of at least 4 members (excludes halogenated alkanes) is 6. The molecule has 0 aromatic heterocycles. The smallest absolute Gasteiger partial charge is 0.314 e. The van der Waals surface area contributed by atoms with Crippen LogP contribution in [0, 0.1) is 0 Å². The van der Waals surface area contributed by atoms with E-state index in [0.717, 1.165) is 0 Å². The summed E-state index contributed by atoms with van der Waals surface area (Å²) in [5, 5.41) is 0. The van der Waals surface area contributed by atoms with Gasteiger partial charge in [0.05, 0.1) is 0 Å². The van der Waals surface area contributed by atoms with Crippen LogP contribution in [0.25, 0.3) is 0 Å². The molecule has 0 N–H and O–H groups in total. The molecule has 28 heavy (non-hydrogen) atoms. The van der Waals surface area contributed by atoms with Crippen molar-refractivity contribution in [3.05, 3.63) is 0 Å². The van der Waals surface area contributed by atoms with Gasteiger partial charge < -0.3 is 14.4 Å². The van der Waals surface area contributed by atoms with Crippen molar-refractivity contribution in [2.24, 2.45) is 0 Å². The average molecular weight is 396 g/mol. The molecule has 0 saturated carbocycles. The number of rotatable bonds is 21. The van der Waals surface area contributed by atoms with Gasteiger partial charge in [-0.1, -0.05) is 80.1 Å². The summed E-state index contributed by atoms with van der Waals surface area (Å²) in [6.07, 6.45) is 15.7. The molecule has 0 rings (SSSR count). The van der Waals surface area contributed by atoms with Crippen LogP contribution < -0.4 is 0 Å². The first kappa shape index (κ1) is 27.9. The summed E-state index contributed by atoms with van der Waals surface area (Å²) in [5.74, 6) is 0. The second-order valence-electron chi connectivity index (χ2n) is 8.58. The Kier molecular flexibility index (Phi) is 20.2. The third-order valence-electron chi connectivity index (χ3n) is 5.77. The Morgan fingerprint density at radius 3 is 0.679 bits per heavy atom. The molecule has 0 aliphatic heterocycles. The molecule has 0 fully saturated rings. The van der Waals surface area contributed by atoms with Gasteiger partial charge in [0.1, 0.15) is 0 Å². The van der Waals surface area contributed by atoms with Crippen molar-refractivity contribution in [2.45, 2.75) is 119 Å². The van der Waals surface area contributed by atoms with E-state index in [1.165, 1.54) is 116 Å². The second kappa shape index (κ2) is 20.2. The summed E-state index contributed by atoms with van der Waals surface area (Å²) in [5.41, 5.74) is 0. The van der Waals surface area contributed by atoms with Gasteiger partial charge in [0.25, 0.3) is 0 Å². The van der Waals surface area contributed by atoms with Crippen molar-refractivity contribution in [2.75, 3.05) is 39.3 Å². The fourth-order valence-electron chi connectivity index (χ4n) is 3.89. The van der Waals surface area contributed by atoms with E-state index in [9.17, 15) is 0 Å². The first-order chi connectivity index (χ1) is 13.7. The minimum Gasteiger partial charge on any atom is -0.314 e. The summed E-state index contributed by atoms with van der Waals surface area (Å²) in [7, 11) is 0.509. The maximum absolute atomic E-state index is 2.85. The highest BCUT2D eigenvalue weighted by atomic mass is 15.3. The molecule has 0 aromatic carbocycles. The van der Waals surface area contributed by atoms with E-state index >= 15 is 0 Å². The standard InChI is InChI=1S/C24H54BN3/c1-7-13-19-26(20-14-8-2)25(27(21-15-9-3)22-16-10-4)28(23-17-11-5)24-18-12-6/h7-24H2,1-6H3. The summed E-state index contributed by atoms with van der Waals surface area (Å²) in [6.45, 7) is 21.6. The number of nitrogens with zero attached hydrogens (tertiary/aromatic N) is 3. The molecular formula is C24H54BN3. The minimum absolute atomic E-state index is 0.509. The molecule has 0 bridgehead atoms. The molecule has 4 heteroatoms. The fraction of sp³-hybridized carbons (Fsp3) is 1.00. The molecule has 0 radical (unpaired) electrons. The molecule has 0 amide bonds. The molecule has 168 valence electrons. The van der Waals surface area contributed by atoms with Crippen LogP contribution in [0.5, 0.6) is 0 Å². The van der Waals surface area contributed by atoms with Gasteiger partial charge in [-0.05, 0) is 77.8 Å². The Balaban J connectivity index is 5.67. The van der Waals surface area contributed by atoms with E-state index in [0.29, 0.717) is 7.12 Å². The van der Waals surface area contributed by atoms with E-state index < -0.39 is 0 Å². The monoisotopic (exact) mass is 395 g/mol. The molecule has 0 saturated heterocycles. The van der Waals surface area contributed by atoms with Crippen LogP contribution in [0.1, 0.15) is 119 Å². The van der Waals surface area contributed by atoms with Crippen molar-refractivity contribution in [3.8, 4) is 0 Å². The zero-order valence-electron chi connectivity index (χ0n) is 20.6. The molecular weight excluding hydrogens is 341 g/mol. The van der Waals surface area contributed by atoms with Crippen molar-refractivity contribution < 1.29 is 0 Å². The van der Waals surface area contributed by atoms with Crippen LogP contribution in [0.4, 0.5) is 0 Å². The highest BCUT2D eigenvalue weighted by Gasteiger charge is 2.35. The lowest BCUT2D eigenvalue weighted by atomic mass is 9.80. The highest BCUT2D eigenvalue weighted by Crippen LogP contribution is 2.15. The molecule has 0 aliphatic rings. The summed E-state index contributed by atoms with van der Waals surface area (Å²) >= 11 is 0. The predicted molar refractivity (Wildman–Crippen MR) is 130 cm³/mol. The Labute approximate surface area is 179 Å². The maximum atomic E-state index is 2.85. The third kappa shape index (κ3) is 12.5. The number of hydrogen-bond acceptors (Lipinski definition) is 3. The van der Waals surface area contributed by atoms with Gasteiger partial charge in [0.15, 0.2) is 0 Å². The first-order valence-corrected chi connectivity index (χ1v) is 12.9. The Hall–Kier alpha value is -0.0551. The SMILES string of the molecule is CCCCN(CCCC)B(N(CCCC)CCCC)N(CCCC)CCCC. The third-order valence-corrected chi connectivity index (χ3v) is 5.77. The highest BCUT2D eigenvalue weighted by molar-refractivity contribution is 6.49. The van der Waals surface area contributed by atoms with Gasteiger partial charge in [-0.25, -0.2) is 0 Å². The molecule has 0 spiro atoms. The molecule has 0 aromatic rings. The molecule has 0 heterocycles. The largest absolute Gasteiger partial charge is 0.403 e. The van der Waals surface area contributed by atoms with Gasteiger partial charge >= 0.3 is 7.12 Å². The van der Waals surface area contributed by atoms with Crippen LogP contribution in [0.3, 0.4) is 0 Å². The van der Waals surface area contributed by atoms with E-state index in [-0.39, 0.29) is 0 Å². The van der Waals surface area contributed by atoms with Gasteiger partial charge in [-0.2, -0.15) is 0 Å². The predicted octanol–water partition coefficient (Wildman–Crippen LogP) is 6.68. The quantitative estimate of drug-likeness (QED) is 0.201. The topological polar surface area (TPSA) is 9.72 Å². The van der Waals surface area contributed by atoms with Crippen molar-refractivity contribution in [1.82, 2.24) is 14.4 Å². The van der Waals surface area contributed by atoms with Crippen LogP contribution in [-0.4, -0.2) is 60.8 Å². The summed E-state index contributed by atoms with van der Waals surface area (Å²) < 4.78 is 0. The van der Waals surface area contributed by atoms with Gasteiger partial charge in [-0.3, -0.25) is 0 Å². The van der Waals surface area contributed by atoms with Crippen LogP contribution in [0.15, 0.2) is 0 Å². The van der Waals surface area contributed by atoms with Crippen LogP contribution in [-0.2, 0) is 0 Å². The van der Waals surface area contributed by atoms with Crippen molar-refractivity contribution in [1.29, 1.82) is 0 Å². The van der Waals surface area contributed by atoms with Crippen molar-refractivity contribution in [3.63, 3.8) is 0 Å². The maximum Gasteiger partial charge on any atom is 0.403 e. The summed E-state index contributed by atoms with van der Waals surface area (Å²) in [6, 6.07) is 0. The van der Waals surface area contributed by atoms with E-state index in [2.05, 4.69) is 56.0 Å². The molecule has 0 unspecified atom stereocenters. The Morgan fingerprint density at radius 1 is 0.357 bits per heavy atom. The average Bonchev–Trinajstić information content (AvgIpc) is 2.72. The van der Waals surface area contributed by atoms with Gasteiger partial charge in [0, 0.05) is 0 Å². The number of hydrogen-bond donors (Lipinski definition) is 0. The minimum atomic E-state index is 0.509. The second-order valence-corrected chi connectivity index (χ2v) is 8.58. The molecule has 3 nitrogen and oxygen atoms in total. The Bertz CT molecular complexity index is 243. The van der Waals surface area contributed by atoms with Gasteiger partial charge in [-0.15, -0.1) is 0 Å². The van der Waals surface area contributed by atoms with E-state index in [4.69, 9.17) is 0 Å². The lowest BCUT2D eigenvalue weighted by Gasteiger charge is -2.43. The van der Waals surface area contributed by atoms with Gasteiger partial charge in [0.2, 0.25) is 0 Å².